The molecule has 3 aromatic carbocycles. The molecule has 1 saturated heterocycles. The molecule has 0 spiro atoms. The summed E-state index contributed by atoms with van der Waals surface area (Å²) in [4.78, 5) is 24.6. The molecule has 1 aliphatic heterocycles. The first-order valence-corrected chi connectivity index (χ1v) is 14.1. The smallest absolute Gasteiger partial charge is 0.243 e. The van der Waals surface area contributed by atoms with Crippen molar-refractivity contribution in [1.29, 1.82) is 0 Å². The van der Waals surface area contributed by atoms with Crippen molar-refractivity contribution in [3.63, 3.8) is 0 Å². The monoisotopic (exact) mass is 566 g/mol. The summed E-state index contributed by atoms with van der Waals surface area (Å²) in [5.41, 5.74) is 4.75. The number of methoxy groups -OCH3 is 1. The van der Waals surface area contributed by atoms with E-state index in [-0.39, 0.29) is 37.6 Å². The first kappa shape index (κ1) is 29.6. The lowest BCUT2D eigenvalue weighted by atomic mass is 10.0. The summed E-state index contributed by atoms with van der Waals surface area (Å²) in [6.45, 7) is -0.0249. The predicted molar refractivity (Wildman–Crippen MR) is 151 cm³/mol. The summed E-state index contributed by atoms with van der Waals surface area (Å²) in [7, 11) is 1.66. The summed E-state index contributed by atoms with van der Waals surface area (Å²) in [6, 6.07) is 22.9. The van der Waals surface area contributed by atoms with Gasteiger partial charge in [-0.1, -0.05) is 48.5 Å². The molecule has 4 rings (SSSR count). The molecule has 0 radical (unpaired) electrons. The van der Waals surface area contributed by atoms with E-state index in [9.17, 15) is 14.7 Å². The quantitative estimate of drug-likeness (QED) is 0.135. The second-order valence-electron chi connectivity index (χ2n) is 9.37. The van der Waals surface area contributed by atoms with Crippen LogP contribution < -0.4 is 15.5 Å². The highest BCUT2D eigenvalue weighted by atomic mass is 32.2. The fraction of sp³-hybridized carbons (Fsp3) is 0.333. The van der Waals surface area contributed by atoms with Gasteiger partial charge in [-0.15, -0.1) is 11.8 Å². The fourth-order valence-electron chi connectivity index (χ4n) is 4.40. The van der Waals surface area contributed by atoms with Gasteiger partial charge in [0.2, 0.25) is 11.8 Å². The molecule has 0 unspecified atom stereocenters. The van der Waals surface area contributed by atoms with Crippen molar-refractivity contribution in [3.8, 4) is 5.75 Å². The van der Waals surface area contributed by atoms with Gasteiger partial charge in [0.1, 0.15) is 5.75 Å². The van der Waals surface area contributed by atoms with Gasteiger partial charge in [0.05, 0.1) is 25.9 Å². The van der Waals surface area contributed by atoms with Crippen molar-refractivity contribution in [2.45, 2.75) is 55.7 Å². The van der Waals surface area contributed by atoms with E-state index in [0.717, 1.165) is 27.3 Å². The number of rotatable bonds is 12. The zero-order valence-electron chi connectivity index (χ0n) is 22.2. The van der Waals surface area contributed by atoms with Gasteiger partial charge in [0, 0.05) is 41.2 Å². The number of thioether (sulfide) groups is 1. The van der Waals surface area contributed by atoms with Crippen LogP contribution in [0.2, 0.25) is 0 Å². The standard InChI is InChI=1S/C30H34N2O7S/c1-37-25-8-2-3-9-27(25)40-19-24-17-26(21-14-12-20(18-33)13-15-21)39-30(38-24)22-6-4-7-23(16-22)31-28(34)10-5-11-29(35)32-36/h2-4,6-9,12-16,24,26,30,33,36H,5,10-11,17-19H2,1H3,(H,31,34)(H,32,35)/t24-,26+,30+/m1/s1. The van der Waals surface area contributed by atoms with Crippen LogP contribution >= 0.6 is 11.8 Å². The third-order valence-electron chi connectivity index (χ3n) is 6.48. The maximum absolute atomic E-state index is 12.4. The normalized spacial score (nSPS) is 18.6. The SMILES string of the molecule is COc1ccccc1SC[C@H]1C[C@@H](c2ccc(CO)cc2)O[C@@H](c2cccc(NC(=O)CCCC(=O)NO)c2)O1. The van der Waals surface area contributed by atoms with Gasteiger partial charge >= 0.3 is 0 Å². The highest BCUT2D eigenvalue weighted by Crippen LogP contribution is 2.40. The Morgan fingerprint density at radius 2 is 1.75 bits per heavy atom. The molecule has 0 bridgehead atoms. The largest absolute Gasteiger partial charge is 0.496 e. The van der Waals surface area contributed by atoms with E-state index >= 15 is 0 Å². The molecule has 1 heterocycles. The third kappa shape index (κ3) is 8.30. The summed E-state index contributed by atoms with van der Waals surface area (Å²) in [6.07, 6.45) is 0.136. The number of aliphatic hydroxyl groups is 1. The maximum atomic E-state index is 12.4. The van der Waals surface area contributed by atoms with Crippen molar-refractivity contribution in [2.75, 3.05) is 18.2 Å². The van der Waals surface area contributed by atoms with Crippen molar-refractivity contribution >= 4 is 29.3 Å². The molecular weight excluding hydrogens is 532 g/mol. The summed E-state index contributed by atoms with van der Waals surface area (Å²) in [5.74, 6) is 0.734. The second-order valence-corrected chi connectivity index (χ2v) is 10.4. The van der Waals surface area contributed by atoms with Crippen LogP contribution in [0.25, 0.3) is 0 Å². The molecule has 0 saturated carbocycles. The van der Waals surface area contributed by atoms with Crippen LogP contribution in [0, 0.1) is 0 Å². The summed E-state index contributed by atoms with van der Waals surface area (Å²) < 4.78 is 18.3. The van der Waals surface area contributed by atoms with Crippen LogP contribution in [0.1, 0.15) is 54.8 Å². The molecule has 1 fully saturated rings. The molecule has 40 heavy (non-hydrogen) atoms. The Labute approximate surface area is 237 Å². The Hall–Kier alpha value is -3.41. The number of carbonyl (C=O) groups is 2. The van der Waals surface area contributed by atoms with E-state index in [1.165, 1.54) is 0 Å². The lowest BCUT2D eigenvalue weighted by Crippen LogP contribution is -2.31. The number of amides is 2. The molecule has 2 amide bonds. The molecule has 1 aliphatic rings. The molecule has 3 atom stereocenters. The highest BCUT2D eigenvalue weighted by molar-refractivity contribution is 7.99. The molecule has 3 aromatic rings. The Balaban J connectivity index is 1.48. The Bertz CT molecular complexity index is 1270. The van der Waals surface area contributed by atoms with Crippen LogP contribution in [0.5, 0.6) is 5.75 Å². The topological polar surface area (TPSA) is 126 Å². The Kier molecular flexibility index (Phi) is 11.0. The molecular formula is C30H34N2O7S. The van der Waals surface area contributed by atoms with Crippen LogP contribution in [-0.2, 0) is 25.7 Å². The van der Waals surface area contributed by atoms with E-state index in [1.54, 1.807) is 30.4 Å². The van der Waals surface area contributed by atoms with E-state index in [1.807, 2.05) is 66.7 Å². The van der Waals surface area contributed by atoms with Crippen molar-refractivity contribution in [2.24, 2.45) is 0 Å². The molecule has 212 valence electrons. The lowest BCUT2D eigenvalue weighted by molar-refractivity contribution is -0.245. The minimum absolute atomic E-state index is 0.0249. The number of benzene rings is 3. The van der Waals surface area contributed by atoms with Crippen LogP contribution in [0.15, 0.2) is 77.7 Å². The van der Waals surface area contributed by atoms with Gasteiger partial charge in [-0.25, -0.2) is 5.48 Å². The average molecular weight is 567 g/mol. The van der Waals surface area contributed by atoms with E-state index in [0.29, 0.717) is 24.3 Å². The highest BCUT2D eigenvalue weighted by Gasteiger charge is 2.32. The second kappa shape index (κ2) is 14.8. The first-order valence-electron chi connectivity index (χ1n) is 13.1. The van der Waals surface area contributed by atoms with Gasteiger partial charge in [-0.3, -0.25) is 14.8 Å². The van der Waals surface area contributed by atoms with E-state index in [4.69, 9.17) is 19.4 Å². The number of aliphatic hydroxyl groups excluding tert-OH is 1. The lowest BCUT2D eigenvalue weighted by Gasteiger charge is -2.36. The Morgan fingerprint density at radius 1 is 0.975 bits per heavy atom. The minimum atomic E-state index is -0.662. The average Bonchev–Trinajstić information content (AvgIpc) is 3.00. The predicted octanol–water partition coefficient (Wildman–Crippen LogP) is 5.14. The molecule has 9 nitrogen and oxygen atoms in total. The van der Waals surface area contributed by atoms with Crippen molar-refractivity contribution in [1.82, 2.24) is 5.48 Å². The number of nitrogens with one attached hydrogen (secondary N) is 2. The molecule has 0 aromatic heterocycles. The van der Waals surface area contributed by atoms with Crippen LogP contribution in [-0.4, -0.2) is 41.1 Å². The summed E-state index contributed by atoms with van der Waals surface area (Å²) >= 11 is 1.66. The number of hydroxylamine groups is 1. The van der Waals surface area contributed by atoms with Gasteiger partial charge < -0.3 is 24.6 Å². The molecule has 4 N–H and O–H groups in total. The van der Waals surface area contributed by atoms with Crippen molar-refractivity contribution < 1.29 is 34.1 Å². The maximum Gasteiger partial charge on any atom is 0.243 e. The first-order chi connectivity index (χ1) is 19.5. The number of hydrogen-bond acceptors (Lipinski definition) is 8. The number of para-hydroxylation sites is 1. The Morgan fingerprint density at radius 3 is 2.50 bits per heavy atom. The van der Waals surface area contributed by atoms with Crippen LogP contribution in [0.4, 0.5) is 5.69 Å². The fourth-order valence-corrected chi connectivity index (χ4v) is 5.44. The van der Waals surface area contributed by atoms with Gasteiger partial charge in [-0.05, 0) is 41.8 Å². The van der Waals surface area contributed by atoms with Gasteiger partial charge in [0.15, 0.2) is 6.29 Å². The van der Waals surface area contributed by atoms with E-state index < -0.39 is 12.2 Å². The van der Waals surface area contributed by atoms with Crippen LogP contribution in [0.3, 0.4) is 0 Å². The zero-order valence-corrected chi connectivity index (χ0v) is 23.1. The number of hydrogen-bond donors (Lipinski definition) is 4. The van der Waals surface area contributed by atoms with Gasteiger partial charge in [-0.2, -0.15) is 0 Å². The number of ether oxygens (including phenoxy) is 3. The third-order valence-corrected chi connectivity index (χ3v) is 7.67. The molecule has 10 heteroatoms. The number of anilines is 1. The zero-order chi connectivity index (χ0) is 28.3. The summed E-state index contributed by atoms with van der Waals surface area (Å²) in [5, 5.41) is 20.9. The minimum Gasteiger partial charge on any atom is -0.496 e. The van der Waals surface area contributed by atoms with Crippen molar-refractivity contribution in [3.05, 3.63) is 89.5 Å². The number of carbonyl (C=O) groups excluding carboxylic acids is 2. The van der Waals surface area contributed by atoms with E-state index in [2.05, 4.69) is 5.32 Å². The molecule has 0 aliphatic carbocycles. The van der Waals surface area contributed by atoms with Gasteiger partial charge in [0.25, 0.3) is 0 Å².